The molecule has 27 heavy (non-hydrogen) atoms. The van der Waals surface area contributed by atoms with E-state index in [1.165, 1.54) is 0 Å². The van der Waals surface area contributed by atoms with Crippen LogP contribution in [0.4, 0.5) is 5.82 Å². The number of rotatable bonds is 4. The van der Waals surface area contributed by atoms with Gasteiger partial charge in [0, 0.05) is 49.4 Å². The molecule has 1 saturated heterocycles. The first kappa shape index (κ1) is 17.6. The summed E-state index contributed by atoms with van der Waals surface area (Å²) in [6.45, 7) is 1.12. The first-order chi connectivity index (χ1) is 13.2. The molecule has 0 aliphatic carbocycles. The lowest BCUT2D eigenvalue weighted by Gasteiger charge is -2.20. The Balaban J connectivity index is 1.62. The molecule has 0 aromatic carbocycles. The summed E-state index contributed by atoms with van der Waals surface area (Å²) < 4.78 is 6.94. The monoisotopic (exact) mass is 367 g/mol. The van der Waals surface area contributed by atoms with Crippen LogP contribution in [0.2, 0.25) is 0 Å². The highest BCUT2D eigenvalue weighted by Gasteiger charge is 2.22. The van der Waals surface area contributed by atoms with Crippen molar-refractivity contribution in [2.24, 2.45) is 13.0 Å². The van der Waals surface area contributed by atoms with Gasteiger partial charge in [-0.3, -0.25) is 9.48 Å². The molecule has 0 radical (unpaired) electrons. The van der Waals surface area contributed by atoms with Crippen molar-refractivity contribution in [1.29, 1.82) is 0 Å². The summed E-state index contributed by atoms with van der Waals surface area (Å²) in [4.78, 5) is 21.4. The predicted molar refractivity (Wildman–Crippen MR) is 99.8 cm³/mol. The standard InChI is InChI=1S/C19H21N5O3/c1-24-17(11-25)14(10-21-24)15-3-2-13-9-20-18(8-16(13)22-15)23-19(26)12-4-6-27-7-5-12/h2-3,8-10,12,25H,4-7,11H2,1H3,(H,20,23,26). The second-order valence-corrected chi connectivity index (χ2v) is 6.62. The van der Waals surface area contributed by atoms with E-state index >= 15 is 0 Å². The third-order valence-corrected chi connectivity index (χ3v) is 4.90. The van der Waals surface area contributed by atoms with Crippen LogP contribution < -0.4 is 5.32 Å². The van der Waals surface area contributed by atoms with Crippen molar-refractivity contribution in [3.8, 4) is 11.3 Å². The molecule has 8 heteroatoms. The molecule has 8 nitrogen and oxygen atoms in total. The van der Waals surface area contributed by atoms with E-state index < -0.39 is 0 Å². The molecule has 1 aliphatic heterocycles. The van der Waals surface area contributed by atoms with Gasteiger partial charge in [0.2, 0.25) is 5.91 Å². The van der Waals surface area contributed by atoms with Crippen LogP contribution in [0.3, 0.4) is 0 Å². The minimum absolute atomic E-state index is 0.0314. The summed E-state index contributed by atoms with van der Waals surface area (Å²) in [5, 5.41) is 17.5. The lowest BCUT2D eigenvalue weighted by atomic mass is 9.99. The number of nitrogens with one attached hydrogen (secondary N) is 1. The number of aryl methyl sites for hydroxylation is 1. The summed E-state index contributed by atoms with van der Waals surface area (Å²) in [7, 11) is 1.78. The largest absolute Gasteiger partial charge is 0.390 e. The summed E-state index contributed by atoms with van der Waals surface area (Å²) in [6.07, 6.45) is 4.84. The highest BCUT2D eigenvalue weighted by molar-refractivity contribution is 5.93. The predicted octanol–water partition coefficient (Wildman–Crippen LogP) is 1.89. The van der Waals surface area contributed by atoms with E-state index in [2.05, 4.69) is 20.4 Å². The normalized spacial score (nSPS) is 15.2. The zero-order valence-electron chi connectivity index (χ0n) is 15.1. The molecule has 3 aromatic heterocycles. The van der Waals surface area contributed by atoms with Gasteiger partial charge in [-0.2, -0.15) is 5.10 Å². The van der Waals surface area contributed by atoms with Gasteiger partial charge in [-0.1, -0.05) is 0 Å². The lowest BCUT2D eigenvalue weighted by Crippen LogP contribution is -2.28. The fourth-order valence-corrected chi connectivity index (χ4v) is 3.29. The van der Waals surface area contributed by atoms with Crippen LogP contribution in [0.25, 0.3) is 22.2 Å². The highest BCUT2D eigenvalue weighted by atomic mass is 16.5. The minimum atomic E-state index is -0.117. The van der Waals surface area contributed by atoms with Crippen LogP contribution in [-0.2, 0) is 23.2 Å². The first-order valence-electron chi connectivity index (χ1n) is 8.93. The second kappa shape index (κ2) is 7.42. The quantitative estimate of drug-likeness (QED) is 0.730. The number of hydrogen-bond acceptors (Lipinski definition) is 6. The van der Waals surface area contributed by atoms with Gasteiger partial charge in [-0.05, 0) is 25.0 Å². The number of aromatic nitrogens is 4. The van der Waals surface area contributed by atoms with E-state index in [0.29, 0.717) is 30.4 Å². The Kier molecular flexibility index (Phi) is 4.83. The molecule has 1 fully saturated rings. The summed E-state index contributed by atoms with van der Waals surface area (Å²) in [5.41, 5.74) is 2.92. The number of nitrogens with zero attached hydrogens (tertiary/aromatic N) is 4. The topological polar surface area (TPSA) is 102 Å². The van der Waals surface area contributed by atoms with Crippen LogP contribution in [0.15, 0.2) is 30.6 Å². The fraction of sp³-hybridized carbons (Fsp3) is 0.368. The molecule has 0 atom stereocenters. The van der Waals surface area contributed by atoms with E-state index in [1.807, 2.05) is 12.1 Å². The summed E-state index contributed by atoms with van der Waals surface area (Å²) >= 11 is 0. The van der Waals surface area contributed by atoms with Crippen molar-refractivity contribution in [3.05, 3.63) is 36.3 Å². The number of aliphatic hydroxyl groups excluding tert-OH is 1. The maximum absolute atomic E-state index is 12.4. The Morgan fingerprint density at radius 3 is 2.93 bits per heavy atom. The third kappa shape index (κ3) is 3.54. The summed E-state index contributed by atoms with van der Waals surface area (Å²) in [6, 6.07) is 5.56. The van der Waals surface area contributed by atoms with E-state index in [0.717, 1.165) is 29.3 Å². The zero-order chi connectivity index (χ0) is 18.8. The van der Waals surface area contributed by atoms with E-state index in [4.69, 9.17) is 4.74 Å². The van der Waals surface area contributed by atoms with Crippen LogP contribution >= 0.6 is 0 Å². The molecule has 1 amide bonds. The maximum Gasteiger partial charge on any atom is 0.228 e. The number of anilines is 1. The van der Waals surface area contributed by atoms with Crippen molar-refractivity contribution >= 4 is 22.6 Å². The molecule has 0 spiro atoms. The molecular formula is C19H21N5O3. The molecular weight excluding hydrogens is 346 g/mol. The molecule has 0 bridgehead atoms. The van der Waals surface area contributed by atoms with Gasteiger partial charge in [0.05, 0.1) is 29.7 Å². The van der Waals surface area contributed by atoms with E-state index in [9.17, 15) is 9.90 Å². The Bertz CT molecular complexity index is 979. The Morgan fingerprint density at radius 1 is 1.33 bits per heavy atom. The number of fused-ring (bicyclic) bond motifs is 1. The maximum atomic E-state index is 12.4. The van der Waals surface area contributed by atoms with Gasteiger partial charge >= 0.3 is 0 Å². The fourth-order valence-electron chi connectivity index (χ4n) is 3.29. The van der Waals surface area contributed by atoms with Crippen LogP contribution in [0.5, 0.6) is 0 Å². The molecule has 0 unspecified atom stereocenters. The highest BCUT2D eigenvalue weighted by Crippen LogP contribution is 2.25. The van der Waals surface area contributed by atoms with Gasteiger partial charge in [0.1, 0.15) is 5.82 Å². The van der Waals surface area contributed by atoms with Gasteiger partial charge in [0.15, 0.2) is 0 Å². The second-order valence-electron chi connectivity index (χ2n) is 6.62. The molecule has 140 valence electrons. The number of amides is 1. The van der Waals surface area contributed by atoms with Crippen molar-refractivity contribution in [2.45, 2.75) is 19.4 Å². The molecule has 4 rings (SSSR count). The van der Waals surface area contributed by atoms with E-state index in [-0.39, 0.29) is 18.4 Å². The lowest BCUT2D eigenvalue weighted by molar-refractivity contribution is -0.122. The van der Waals surface area contributed by atoms with Crippen molar-refractivity contribution in [1.82, 2.24) is 19.7 Å². The van der Waals surface area contributed by atoms with Gasteiger partial charge in [0.25, 0.3) is 0 Å². The smallest absolute Gasteiger partial charge is 0.228 e. The Morgan fingerprint density at radius 2 is 2.15 bits per heavy atom. The molecule has 1 aliphatic rings. The number of ether oxygens (including phenoxy) is 1. The van der Waals surface area contributed by atoms with Crippen molar-refractivity contribution in [2.75, 3.05) is 18.5 Å². The number of pyridine rings is 2. The first-order valence-corrected chi connectivity index (χ1v) is 8.93. The number of hydrogen-bond donors (Lipinski definition) is 2. The van der Waals surface area contributed by atoms with E-state index in [1.54, 1.807) is 30.2 Å². The number of aliphatic hydroxyl groups is 1. The average molecular weight is 367 g/mol. The van der Waals surface area contributed by atoms with Crippen molar-refractivity contribution < 1.29 is 14.6 Å². The molecule has 3 aromatic rings. The summed E-state index contributed by atoms with van der Waals surface area (Å²) in [5.74, 6) is 0.409. The van der Waals surface area contributed by atoms with Gasteiger partial charge in [-0.25, -0.2) is 9.97 Å². The SMILES string of the molecule is Cn1ncc(-c2ccc3cnc(NC(=O)C4CCOCC4)cc3n2)c1CO. The zero-order valence-corrected chi connectivity index (χ0v) is 15.1. The van der Waals surface area contributed by atoms with Crippen molar-refractivity contribution in [3.63, 3.8) is 0 Å². The van der Waals surface area contributed by atoms with Gasteiger partial charge < -0.3 is 15.2 Å². The van der Waals surface area contributed by atoms with Crippen LogP contribution in [0.1, 0.15) is 18.5 Å². The van der Waals surface area contributed by atoms with Crippen LogP contribution in [-0.4, -0.2) is 44.0 Å². The molecule has 4 heterocycles. The number of carbonyl (C=O) groups is 1. The third-order valence-electron chi connectivity index (χ3n) is 4.90. The average Bonchev–Trinajstić information content (AvgIpc) is 3.08. The van der Waals surface area contributed by atoms with Gasteiger partial charge in [-0.15, -0.1) is 0 Å². The Labute approximate surface area is 156 Å². The van der Waals surface area contributed by atoms with Crippen LogP contribution in [0, 0.1) is 5.92 Å². The molecule has 2 N–H and O–H groups in total. The number of carbonyl (C=O) groups excluding carboxylic acids is 1. The molecule has 0 saturated carbocycles. The minimum Gasteiger partial charge on any atom is -0.390 e. The Hall–Kier alpha value is -2.84.